The van der Waals surface area contributed by atoms with Crippen molar-refractivity contribution in [1.82, 2.24) is 5.32 Å². The lowest BCUT2D eigenvalue weighted by Gasteiger charge is -2.11. The first kappa shape index (κ1) is 15.7. The Morgan fingerprint density at radius 2 is 2.04 bits per heavy atom. The van der Waals surface area contributed by atoms with Gasteiger partial charge in [0.05, 0.1) is 6.04 Å². The summed E-state index contributed by atoms with van der Waals surface area (Å²) in [4.78, 5) is 26.5. The summed E-state index contributed by atoms with van der Waals surface area (Å²) in [6.45, 7) is 4.37. The highest BCUT2D eigenvalue weighted by atomic mass is 32.1. The fourth-order valence-corrected chi connectivity index (χ4v) is 3.76. The minimum absolute atomic E-state index is 0.0325. The number of ether oxygens (including phenoxy) is 1. The average Bonchev–Trinajstić information content (AvgIpc) is 3.08. The summed E-state index contributed by atoms with van der Waals surface area (Å²) in [5.74, 6) is 0.733. The van der Waals surface area contributed by atoms with Gasteiger partial charge in [-0.1, -0.05) is 18.2 Å². The van der Waals surface area contributed by atoms with E-state index in [1.54, 1.807) is 11.3 Å². The van der Waals surface area contributed by atoms with Gasteiger partial charge in [0, 0.05) is 33.7 Å². The van der Waals surface area contributed by atoms with Gasteiger partial charge in [0.1, 0.15) is 12.4 Å². The number of thiophene rings is 1. The van der Waals surface area contributed by atoms with Crippen LogP contribution in [0.1, 0.15) is 44.6 Å². The molecule has 23 heavy (non-hydrogen) atoms. The Balaban J connectivity index is 1.55. The van der Waals surface area contributed by atoms with Crippen LogP contribution in [-0.2, 0) is 4.79 Å². The van der Waals surface area contributed by atoms with E-state index in [0.717, 1.165) is 26.6 Å². The lowest BCUT2D eigenvalue weighted by Crippen LogP contribution is -2.29. The number of rotatable bonds is 5. The summed E-state index contributed by atoms with van der Waals surface area (Å²) in [6.07, 6.45) is 0.434. The molecule has 1 atom stereocenters. The zero-order chi connectivity index (χ0) is 16.4. The predicted octanol–water partition coefficient (Wildman–Crippen LogP) is 3.58. The first-order valence-electron chi connectivity index (χ1n) is 7.66. The summed E-state index contributed by atoms with van der Waals surface area (Å²) in [6, 6.07) is 9.47. The number of carbonyl (C=O) groups excluding carboxylic acids is 2. The van der Waals surface area contributed by atoms with E-state index >= 15 is 0 Å². The van der Waals surface area contributed by atoms with Crippen molar-refractivity contribution >= 4 is 23.0 Å². The van der Waals surface area contributed by atoms with Gasteiger partial charge in [-0.2, -0.15) is 0 Å². The summed E-state index contributed by atoms with van der Waals surface area (Å²) in [5.41, 5.74) is 1.74. The fraction of sp³-hybridized carbons (Fsp3) is 0.333. The molecule has 0 saturated carbocycles. The number of para-hydroxylation sites is 1. The van der Waals surface area contributed by atoms with Crippen LogP contribution in [0.5, 0.6) is 5.75 Å². The number of benzene rings is 1. The second kappa shape index (κ2) is 6.54. The number of Topliss-reactive ketones (excluding diaryl/α,β-unsaturated/α-hetero) is 1. The van der Waals surface area contributed by atoms with Crippen molar-refractivity contribution in [3.8, 4) is 5.75 Å². The minimum Gasteiger partial charge on any atom is -0.491 e. The van der Waals surface area contributed by atoms with Crippen LogP contribution in [0.4, 0.5) is 0 Å². The Bertz CT molecular complexity index is 750. The van der Waals surface area contributed by atoms with E-state index in [2.05, 4.69) is 5.32 Å². The minimum atomic E-state index is -0.126. The smallest absolute Gasteiger partial charge is 0.221 e. The Labute approximate surface area is 139 Å². The van der Waals surface area contributed by atoms with Crippen LogP contribution >= 0.6 is 11.3 Å². The number of fused-ring (bicyclic) bond motifs is 1. The monoisotopic (exact) mass is 329 g/mol. The summed E-state index contributed by atoms with van der Waals surface area (Å²) in [7, 11) is 0. The number of amides is 1. The van der Waals surface area contributed by atoms with Gasteiger partial charge in [0.15, 0.2) is 5.78 Å². The molecule has 0 spiro atoms. The molecule has 1 amide bonds. The van der Waals surface area contributed by atoms with Gasteiger partial charge in [-0.25, -0.2) is 0 Å². The highest BCUT2D eigenvalue weighted by molar-refractivity contribution is 7.12. The molecule has 3 rings (SSSR count). The average molecular weight is 329 g/mol. The van der Waals surface area contributed by atoms with Gasteiger partial charge in [-0.05, 0) is 26.0 Å². The lowest BCUT2D eigenvalue weighted by atomic mass is 10.1. The standard InChI is InChI=1S/C18H19NO3S/c1-11-9-14(12(2)23-11)16(20)7-8-18(21)19-15-10-22-17-6-4-3-5-13(15)17/h3-6,9,15H,7-8,10H2,1-2H3,(H,19,21)/t15-/m0/s1. The van der Waals surface area contributed by atoms with Crippen LogP contribution in [0.15, 0.2) is 30.3 Å². The van der Waals surface area contributed by atoms with Crippen molar-refractivity contribution in [2.24, 2.45) is 0 Å². The highest BCUT2D eigenvalue weighted by Gasteiger charge is 2.25. The maximum Gasteiger partial charge on any atom is 0.221 e. The Morgan fingerprint density at radius 3 is 2.78 bits per heavy atom. The topological polar surface area (TPSA) is 55.4 Å². The molecular formula is C18H19NO3S. The molecule has 0 saturated heterocycles. The SMILES string of the molecule is Cc1cc(C(=O)CCC(=O)N[C@H]2COc3ccccc32)c(C)s1. The molecule has 1 aromatic heterocycles. The maximum absolute atomic E-state index is 12.2. The third kappa shape index (κ3) is 3.45. The number of ketones is 1. The molecule has 4 nitrogen and oxygen atoms in total. The summed E-state index contributed by atoms with van der Waals surface area (Å²) in [5, 5.41) is 2.95. The quantitative estimate of drug-likeness (QED) is 0.853. The molecular weight excluding hydrogens is 310 g/mol. The van der Waals surface area contributed by atoms with E-state index in [-0.39, 0.29) is 30.6 Å². The van der Waals surface area contributed by atoms with Crippen molar-refractivity contribution in [3.05, 3.63) is 51.2 Å². The van der Waals surface area contributed by atoms with Gasteiger partial charge in [-0.15, -0.1) is 11.3 Å². The van der Waals surface area contributed by atoms with Gasteiger partial charge < -0.3 is 10.1 Å². The normalized spacial score (nSPS) is 15.8. The van der Waals surface area contributed by atoms with Crippen LogP contribution < -0.4 is 10.1 Å². The molecule has 0 bridgehead atoms. The fourth-order valence-electron chi connectivity index (χ4n) is 2.82. The number of nitrogens with one attached hydrogen (secondary N) is 1. The summed E-state index contributed by atoms with van der Waals surface area (Å²) < 4.78 is 5.55. The van der Waals surface area contributed by atoms with E-state index in [0.29, 0.717) is 6.61 Å². The van der Waals surface area contributed by atoms with E-state index in [4.69, 9.17) is 4.74 Å². The third-order valence-electron chi connectivity index (χ3n) is 3.96. The second-order valence-corrected chi connectivity index (χ2v) is 7.18. The highest BCUT2D eigenvalue weighted by Crippen LogP contribution is 2.31. The van der Waals surface area contributed by atoms with E-state index in [1.165, 1.54) is 0 Å². The molecule has 120 valence electrons. The van der Waals surface area contributed by atoms with Crippen molar-refractivity contribution in [2.75, 3.05) is 6.61 Å². The van der Waals surface area contributed by atoms with Crippen molar-refractivity contribution in [1.29, 1.82) is 0 Å². The number of hydrogen-bond donors (Lipinski definition) is 1. The molecule has 0 unspecified atom stereocenters. The summed E-state index contributed by atoms with van der Waals surface area (Å²) >= 11 is 1.61. The van der Waals surface area contributed by atoms with Gasteiger partial charge in [0.25, 0.3) is 0 Å². The van der Waals surface area contributed by atoms with Crippen LogP contribution in [0, 0.1) is 13.8 Å². The predicted molar refractivity (Wildman–Crippen MR) is 90.2 cm³/mol. The van der Waals surface area contributed by atoms with Crippen LogP contribution in [0.25, 0.3) is 0 Å². The first-order valence-corrected chi connectivity index (χ1v) is 8.47. The van der Waals surface area contributed by atoms with Gasteiger partial charge in [0.2, 0.25) is 5.91 Å². The largest absolute Gasteiger partial charge is 0.491 e. The Kier molecular flexibility index (Phi) is 4.48. The Morgan fingerprint density at radius 1 is 1.26 bits per heavy atom. The number of carbonyl (C=O) groups is 2. The van der Waals surface area contributed by atoms with Crippen LogP contribution in [-0.4, -0.2) is 18.3 Å². The van der Waals surface area contributed by atoms with Gasteiger partial charge >= 0.3 is 0 Å². The maximum atomic E-state index is 12.2. The number of aryl methyl sites for hydroxylation is 2. The van der Waals surface area contributed by atoms with Gasteiger partial charge in [-0.3, -0.25) is 9.59 Å². The molecule has 0 fully saturated rings. The zero-order valence-corrected chi connectivity index (χ0v) is 14.0. The molecule has 1 N–H and O–H groups in total. The van der Waals surface area contributed by atoms with E-state index < -0.39 is 0 Å². The molecule has 2 aromatic rings. The van der Waals surface area contributed by atoms with E-state index in [1.807, 2.05) is 44.2 Å². The molecule has 2 heterocycles. The van der Waals surface area contributed by atoms with Crippen LogP contribution in [0.2, 0.25) is 0 Å². The van der Waals surface area contributed by atoms with Crippen molar-refractivity contribution < 1.29 is 14.3 Å². The molecule has 1 aromatic carbocycles. The Hall–Kier alpha value is -2.14. The second-order valence-electron chi connectivity index (χ2n) is 5.72. The molecule has 1 aliphatic heterocycles. The van der Waals surface area contributed by atoms with E-state index in [9.17, 15) is 9.59 Å². The third-order valence-corrected chi connectivity index (χ3v) is 4.92. The van der Waals surface area contributed by atoms with Crippen molar-refractivity contribution in [3.63, 3.8) is 0 Å². The molecule has 0 radical (unpaired) electrons. The molecule has 5 heteroatoms. The zero-order valence-electron chi connectivity index (χ0n) is 13.2. The van der Waals surface area contributed by atoms with Crippen LogP contribution in [0.3, 0.4) is 0 Å². The molecule has 0 aliphatic carbocycles. The molecule has 1 aliphatic rings. The lowest BCUT2D eigenvalue weighted by molar-refractivity contribution is -0.121. The first-order chi connectivity index (χ1) is 11.0. The van der Waals surface area contributed by atoms with Crippen molar-refractivity contribution in [2.45, 2.75) is 32.7 Å². The number of hydrogen-bond acceptors (Lipinski definition) is 4.